The predicted octanol–water partition coefficient (Wildman–Crippen LogP) is 2.29. The first-order valence-electron chi connectivity index (χ1n) is 7.73. The number of hydrogen-bond acceptors (Lipinski definition) is 6. The van der Waals surface area contributed by atoms with Crippen molar-refractivity contribution in [3.63, 3.8) is 0 Å². The van der Waals surface area contributed by atoms with Gasteiger partial charge in [-0.3, -0.25) is 4.79 Å². The molecule has 0 bridgehead atoms. The number of hydrogen-bond donors (Lipinski definition) is 1. The molecule has 1 N–H and O–H groups in total. The number of sulfonamides is 1. The maximum absolute atomic E-state index is 12.2. The van der Waals surface area contributed by atoms with Crippen LogP contribution in [0.1, 0.15) is 43.1 Å². The summed E-state index contributed by atoms with van der Waals surface area (Å²) in [4.78, 5) is 19.5. The van der Waals surface area contributed by atoms with E-state index in [9.17, 15) is 13.2 Å². The number of carbonyl (C=O) groups is 1. The molecule has 0 saturated carbocycles. The molecule has 7 nitrogen and oxygen atoms in total. The molecule has 0 aliphatic carbocycles. The molecule has 1 aromatic carbocycles. The van der Waals surface area contributed by atoms with Gasteiger partial charge in [-0.25, -0.2) is 23.1 Å². The molecule has 0 atom stereocenters. The van der Waals surface area contributed by atoms with Gasteiger partial charge in [0.05, 0.1) is 19.5 Å². The fourth-order valence-electron chi connectivity index (χ4n) is 2.07. The number of aromatic nitrogens is 2. The van der Waals surface area contributed by atoms with Gasteiger partial charge in [0, 0.05) is 5.56 Å². The van der Waals surface area contributed by atoms with Gasteiger partial charge in [0.25, 0.3) is 15.9 Å². The Morgan fingerprint density at radius 1 is 1.16 bits per heavy atom. The van der Waals surface area contributed by atoms with Crippen molar-refractivity contribution in [3.8, 4) is 6.01 Å². The zero-order chi connectivity index (χ0) is 18.7. The number of rotatable bonds is 6. The smallest absolute Gasteiger partial charge is 0.316 e. The maximum Gasteiger partial charge on any atom is 0.316 e. The first-order valence-corrected chi connectivity index (χ1v) is 9.21. The highest BCUT2D eigenvalue weighted by Gasteiger charge is 2.21. The Balaban J connectivity index is 2.17. The fourth-order valence-corrected chi connectivity index (χ4v) is 2.93. The molecular weight excluding hydrogens is 342 g/mol. The molecule has 0 spiro atoms. The van der Waals surface area contributed by atoms with Crippen LogP contribution in [0.15, 0.2) is 41.6 Å². The van der Waals surface area contributed by atoms with Crippen LogP contribution in [-0.4, -0.2) is 31.4 Å². The topological polar surface area (TPSA) is 98.2 Å². The third kappa shape index (κ3) is 4.33. The van der Waals surface area contributed by atoms with Crippen LogP contribution in [0, 0.1) is 0 Å². The Morgan fingerprint density at radius 3 is 2.20 bits per heavy atom. The quantitative estimate of drug-likeness (QED) is 0.845. The molecule has 2 aromatic rings. The average Bonchev–Trinajstić information content (AvgIpc) is 2.61. The molecule has 0 aliphatic heterocycles. The van der Waals surface area contributed by atoms with Crippen molar-refractivity contribution in [3.05, 3.63) is 47.8 Å². The van der Waals surface area contributed by atoms with Gasteiger partial charge < -0.3 is 4.74 Å². The van der Waals surface area contributed by atoms with E-state index in [-0.39, 0.29) is 21.9 Å². The van der Waals surface area contributed by atoms with Gasteiger partial charge >= 0.3 is 6.01 Å². The molecule has 2 rings (SSSR count). The Kier molecular flexibility index (Phi) is 5.42. The molecule has 0 radical (unpaired) electrons. The third-order valence-corrected chi connectivity index (χ3v) is 5.42. The molecule has 0 fully saturated rings. The highest BCUT2D eigenvalue weighted by molar-refractivity contribution is 7.90. The fraction of sp³-hybridized carbons (Fsp3) is 0.353. The van der Waals surface area contributed by atoms with Crippen LogP contribution in [0.25, 0.3) is 0 Å². The molecule has 1 amide bonds. The van der Waals surface area contributed by atoms with Crippen LogP contribution in [0.4, 0.5) is 0 Å². The van der Waals surface area contributed by atoms with E-state index < -0.39 is 15.9 Å². The number of nitrogens with one attached hydrogen (secondary N) is 1. The molecule has 1 heterocycles. The second-order valence-electron chi connectivity index (χ2n) is 6.15. The van der Waals surface area contributed by atoms with E-state index >= 15 is 0 Å². The lowest BCUT2D eigenvalue weighted by Crippen LogP contribution is -2.30. The Labute approximate surface area is 147 Å². The van der Waals surface area contributed by atoms with E-state index in [1.807, 2.05) is 16.9 Å². The van der Waals surface area contributed by atoms with E-state index in [0.717, 1.165) is 24.4 Å². The summed E-state index contributed by atoms with van der Waals surface area (Å²) < 4.78 is 31.3. The highest BCUT2D eigenvalue weighted by atomic mass is 32.2. The minimum absolute atomic E-state index is 0.0124. The summed E-state index contributed by atoms with van der Waals surface area (Å²) >= 11 is 0. The van der Waals surface area contributed by atoms with Crippen LogP contribution < -0.4 is 9.46 Å². The largest absolute Gasteiger partial charge is 0.467 e. The van der Waals surface area contributed by atoms with Gasteiger partial charge in [0.15, 0.2) is 0 Å². The molecule has 1 aromatic heterocycles. The first-order chi connectivity index (χ1) is 11.7. The highest BCUT2D eigenvalue weighted by Crippen LogP contribution is 2.26. The van der Waals surface area contributed by atoms with Gasteiger partial charge in [-0.05, 0) is 29.5 Å². The Hall–Kier alpha value is -2.48. The molecule has 8 heteroatoms. The molecule has 134 valence electrons. The first kappa shape index (κ1) is 18.9. The lowest BCUT2D eigenvalue weighted by molar-refractivity contribution is 0.0981. The van der Waals surface area contributed by atoms with E-state index in [0.29, 0.717) is 0 Å². The normalized spacial score (nSPS) is 11.8. The summed E-state index contributed by atoms with van der Waals surface area (Å²) in [5, 5.41) is 0. The van der Waals surface area contributed by atoms with Gasteiger partial charge in [-0.2, -0.15) is 0 Å². The standard InChI is InChI=1S/C17H21N3O4S/c1-5-17(2,3)13-8-6-12(7-9-13)15(21)20-25(22,23)14-10-18-16(24-4)19-11-14/h6-11H,5H2,1-4H3,(H,20,21). The van der Waals surface area contributed by atoms with Crippen molar-refractivity contribution >= 4 is 15.9 Å². The van der Waals surface area contributed by atoms with E-state index in [1.54, 1.807) is 12.1 Å². The summed E-state index contributed by atoms with van der Waals surface area (Å²) in [6.07, 6.45) is 3.10. The molecule has 25 heavy (non-hydrogen) atoms. The summed E-state index contributed by atoms with van der Waals surface area (Å²) in [6, 6.07) is 6.94. The number of methoxy groups -OCH3 is 1. The Bertz CT molecular complexity index is 844. The van der Waals surface area contributed by atoms with Crippen LogP contribution in [0.5, 0.6) is 6.01 Å². The molecule has 0 unspecified atom stereocenters. The maximum atomic E-state index is 12.2. The van der Waals surface area contributed by atoms with Crippen molar-refractivity contribution in [1.82, 2.24) is 14.7 Å². The van der Waals surface area contributed by atoms with E-state index in [1.165, 1.54) is 7.11 Å². The summed E-state index contributed by atoms with van der Waals surface area (Å²) in [7, 11) is -2.69. The second kappa shape index (κ2) is 7.18. The second-order valence-corrected chi connectivity index (χ2v) is 7.84. The molecule has 0 aliphatic rings. The zero-order valence-electron chi connectivity index (χ0n) is 14.6. The third-order valence-electron chi connectivity index (χ3n) is 4.14. The van der Waals surface area contributed by atoms with Crippen LogP contribution in [0.2, 0.25) is 0 Å². The summed E-state index contributed by atoms with van der Waals surface area (Å²) in [6.45, 7) is 6.30. The van der Waals surface area contributed by atoms with Crippen LogP contribution >= 0.6 is 0 Å². The van der Waals surface area contributed by atoms with Crippen LogP contribution in [0.3, 0.4) is 0 Å². The van der Waals surface area contributed by atoms with Gasteiger partial charge in [0.1, 0.15) is 4.90 Å². The number of carbonyl (C=O) groups excluding carboxylic acids is 1. The lowest BCUT2D eigenvalue weighted by atomic mass is 9.82. The van der Waals surface area contributed by atoms with Gasteiger partial charge in [-0.15, -0.1) is 0 Å². The molecule has 0 saturated heterocycles. The van der Waals surface area contributed by atoms with Crippen molar-refractivity contribution < 1.29 is 17.9 Å². The van der Waals surface area contributed by atoms with E-state index in [4.69, 9.17) is 4.74 Å². The number of amides is 1. The van der Waals surface area contributed by atoms with Crippen molar-refractivity contribution in [2.45, 2.75) is 37.5 Å². The summed E-state index contributed by atoms with van der Waals surface area (Å²) in [5.41, 5.74) is 1.33. The lowest BCUT2D eigenvalue weighted by Gasteiger charge is -2.23. The van der Waals surface area contributed by atoms with E-state index in [2.05, 4.69) is 30.7 Å². The monoisotopic (exact) mass is 363 g/mol. The SMILES string of the molecule is CCC(C)(C)c1ccc(C(=O)NS(=O)(=O)c2cnc(OC)nc2)cc1. The minimum Gasteiger partial charge on any atom is -0.467 e. The number of ether oxygens (including phenoxy) is 1. The predicted molar refractivity (Wildman–Crippen MR) is 93.0 cm³/mol. The van der Waals surface area contributed by atoms with Crippen LogP contribution in [-0.2, 0) is 15.4 Å². The van der Waals surface area contributed by atoms with Crippen molar-refractivity contribution in [1.29, 1.82) is 0 Å². The minimum atomic E-state index is -4.06. The van der Waals surface area contributed by atoms with Gasteiger partial charge in [0.2, 0.25) is 0 Å². The average molecular weight is 363 g/mol. The zero-order valence-corrected chi connectivity index (χ0v) is 15.4. The summed E-state index contributed by atoms with van der Waals surface area (Å²) in [5.74, 6) is -0.711. The Morgan fingerprint density at radius 2 is 1.72 bits per heavy atom. The van der Waals surface area contributed by atoms with Crippen molar-refractivity contribution in [2.24, 2.45) is 0 Å². The molecular formula is C17H21N3O4S. The van der Waals surface area contributed by atoms with Gasteiger partial charge in [-0.1, -0.05) is 32.9 Å². The number of benzene rings is 1. The number of nitrogens with zero attached hydrogens (tertiary/aromatic N) is 2. The van der Waals surface area contributed by atoms with Crippen molar-refractivity contribution in [2.75, 3.05) is 7.11 Å².